The maximum absolute atomic E-state index is 9.94. The Morgan fingerprint density at radius 2 is 1.95 bits per heavy atom. The van der Waals surface area contributed by atoms with Crippen molar-refractivity contribution in [3.8, 4) is 0 Å². The van der Waals surface area contributed by atoms with Crippen LogP contribution in [-0.2, 0) is 9.47 Å². The summed E-state index contributed by atoms with van der Waals surface area (Å²) in [6, 6.07) is 0. The maximum atomic E-state index is 9.94. The SMILES string of the molecule is CCCCC/C=C/CCCO[C@@H]1CO[C@H]([C@@H](O)CO)[C@@H]1O. The van der Waals surface area contributed by atoms with Gasteiger partial charge in [-0.05, 0) is 25.7 Å². The van der Waals surface area contributed by atoms with Crippen LogP contribution in [0.4, 0.5) is 0 Å². The van der Waals surface area contributed by atoms with Gasteiger partial charge in [0.05, 0.1) is 13.2 Å². The van der Waals surface area contributed by atoms with Crippen LogP contribution in [-0.4, -0.2) is 59.6 Å². The van der Waals surface area contributed by atoms with Crippen LogP contribution in [0.1, 0.15) is 45.4 Å². The molecule has 1 aliphatic heterocycles. The normalized spacial score (nSPS) is 27.5. The summed E-state index contributed by atoms with van der Waals surface area (Å²) in [5.74, 6) is 0. The minimum Gasteiger partial charge on any atom is -0.394 e. The van der Waals surface area contributed by atoms with Gasteiger partial charge in [0.15, 0.2) is 0 Å². The summed E-state index contributed by atoms with van der Waals surface area (Å²) in [5.41, 5.74) is 0. The summed E-state index contributed by atoms with van der Waals surface area (Å²) in [4.78, 5) is 0. The van der Waals surface area contributed by atoms with Gasteiger partial charge in [-0.2, -0.15) is 0 Å². The molecule has 0 radical (unpaired) electrons. The van der Waals surface area contributed by atoms with E-state index in [0.29, 0.717) is 6.61 Å². The van der Waals surface area contributed by atoms with Crippen LogP contribution in [0.25, 0.3) is 0 Å². The second-order valence-corrected chi connectivity index (χ2v) is 5.56. The van der Waals surface area contributed by atoms with Gasteiger partial charge in [-0.15, -0.1) is 0 Å². The zero-order valence-corrected chi connectivity index (χ0v) is 13.0. The second-order valence-electron chi connectivity index (χ2n) is 5.56. The van der Waals surface area contributed by atoms with Gasteiger partial charge in [0.25, 0.3) is 0 Å². The zero-order valence-electron chi connectivity index (χ0n) is 13.0. The second kappa shape index (κ2) is 11.2. The Labute approximate surface area is 127 Å². The highest BCUT2D eigenvalue weighted by Crippen LogP contribution is 2.20. The molecule has 1 aliphatic rings. The molecule has 0 amide bonds. The first kappa shape index (κ1) is 18.6. The molecular weight excluding hydrogens is 272 g/mol. The highest BCUT2D eigenvalue weighted by molar-refractivity contribution is 4.89. The first-order chi connectivity index (χ1) is 10.2. The van der Waals surface area contributed by atoms with Gasteiger partial charge in [0.2, 0.25) is 0 Å². The van der Waals surface area contributed by atoms with Crippen LogP contribution in [0.3, 0.4) is 0 Å². The average Bonchev–Trinajstić information content (AvgIpc) is 2.86. The highest BCUT2D eigenvalue weighted by atomic mass is 16.6. The van der Waals surface area contributed by atoms with Crippen LogP contribution < -0.4 is 0 Å². The molecule has 0 unspecified atom stereocenters. The Kier molecular flexibility index (Phi) is 9.87. The number of hydrogen-bond donors (Lipinski definition) is 3. The summed E-state index contributed by atoms with van der Waals surface area (Å²) < 4.78 is 10.8. The van der Waals surface area contributed by atoms with E-state index in [2.05, 4.69) is 19.1 Å². The number of aliphatic hydroxyl groups excluding tert-OH is 3. The van der Waals surface area contributed by atoms with E-state index >= 15 is 0 Å². The van der Waals surface area contributed by atoms with E-state index in [0.717, 1.165) is 19.3 Å². The van der Waals surface area contributed by atoms with Crippen molar-refractivity contribution in [3.05, 3.63) is 12.2 Å². The van der Waals surface area contributed by atoms with Crippen LogP contribution in [0.15, 0.2) is 12.2 Å². The van der Waals surface area contributed by atoms with Gasteiger partial charge in [-0.3, -0.25) is 0 Å². The molecule has 1 fully saturated rings. The molecule has 5 nitrogen and oxygen atoms in total. The number of ether oxygens (including phenoxy) is 2. The molecule has 0 aliphatic carbocycles. The van der Waals surface area contributed by atoms with Crippen molar-refractivity contribution in [2.75, 3.05) is 19.8 Å². The van der Waals surface area contributed by atoms with Crippen molar-refractivity contribution < 1.29 is 24.8 Å². The van der Waals surface area contributed by atoms with E-state index in [1.165, 1.54) is 19.3 Å². The van der Waals surface area contributed by atoms with Crippen LogP contribution >= 0.6 is 0 Å². The summed E-state index contributed by atoms with van der Waals surface area (Å²) in [6.07, 6.45) is 8.11. The van der Waals surface area contributed by atoms with Crippen molar-refractivity contribution in [3.63, 3.8) is 0 Å². The Hall–Kier alpha value is -0.460. The van der Waals surface area contributed by atoms with Crippen molar-refractivity contribution in [1.82, 2.24) is 0 Å². The minimum absolute atomic E-state index is 0.260. The molecule has 3 N–H and O–H groups in total. The summed E-state index contributed by atoms with van der Waals surface area (Å²) in [5, 5.41) is 28.3. The summed E-state index contributed by atoms with van der Waals surface area (Å²) in [7, 11) is 0. The Bertz CT molecular complexity index is 282. The van der Waals surface area contributed by atoms with Crippen LogP contribution in [0.5, 0.6) is 0 Å². The molecule has 21 heavy (non-hydrogen) atoms. The molecule has 124 valence electrons. The van der Waals surface area contributed by atoms with Crippen molar-refractivity contribution >= 4 is 0 Å². The van der Waals surface area contributed by atoms with E-state index < -0.39 is 31.0 Å². The standard InChI is InChI=1S/C16H30O5/c1-2-3-4-5-6-7-8-9-10-20-14-12-21-16(15(14)19)13(18)11-17/h6-7,13-19H,2-5,8-12H2,1H3/b7-6+/t13-,14+,15+,16+/m0/s1. The smallest absolute Gasteiger partial charge is 0.114 e. The number of allylic oxidation sites excluding steroid dienone is 2. The number of rotatable bonds is 11. The maximum Gasteiger partial charge on any atom is 0.114 e. The molecule has 0 aromatic carbocycles. The Morgan fingerprint density at radius 1 is 1.24 bits per heavy atom. The Balaban J connectivity index is 2.06. The molecule has 1 rings (SSSR count). The first-order valence-electron chi connectivity index (χ1n) is 8.05. The lowest BCUT2D eigenvalue weighted by molar-refractivity contribution is -0.0729. The van der Waals surface area contributed by atoms with E-state index in [-0.39, 0.29) is 6.61 Å². The van der Waals surface area contributed by atoms with Crippen molar-refractivity contribution in [1.29, 1.82) is 0 Å². The molecule has 0 aromatic rings. The topological polar surface area (TPSA) is 79.2 Å². The quantitative estimate of drug-likeness (QED) is 0.397. The number of aliphatic hydroxyl groups is 3. The predicted molar refractivity (Wildman–Crippen MR) is 81.1 cm³/mol. The number of unbranched alkanes of at least 4 members (excludes halogenated alkanes) is 4. The molecule has 1 saturated heterocycles. The molecule has 1 heterocycles. The molecule has 0 saturated carbocycles. The summed E-state index contributed by atoms with van der Waals surface area (Å²) in [6.45, 7) is 2.60. The molecule has 0 bridgehead atoms. The predicted octanol–water partition coefficient (Wildman–Crippen LogP) is 1.40. The third kappa shape index (κ3) is 6.89. The summed E-state index contributed by atoms with van der Waals surface area (Å²) >= 11 is 0. The van der Waals surface area contributed by atoms with Gasteiger partial charge in [0.1, 0.15) is 24.4 Å². The third-order valence-corrected chi connectivity index (χ3v) is 3.72. The largest absolute Gasteiger partial charge is 0.394 e. The molecular formula is C16H30O5. The van der Waals surface area contributed by atoms with Gasteiger partial charge in [-0.1, -0.05) is 31.9 Å². The molecule has 5 heteroatoms. The first-order valence-corrected chi connectivity index (χ1v) is 8.05. The van der Waals surface area contributed by atoms with Gasteiger partial charge >= 0.3 is 0 Å². The van der Waals surface area contributed by atoms with E-state index in [4.69, 9.17) is 14.6 Å². The van der Waals surface area contributed by atoms with Crippen LogP contribution in [0, 0.1) is 0 Å². The number of hydrogen-bond acceptors (Lipinski definition) is 5. The van der Waals surface area contributed by atoms with Crippen molar-refractivity contribution in [2.45, 2.75) is 69.9 Å². The zero-order chi connectivity index (χ0) is 15.5. The lowest BCUT2D eigenvalue weighted by Crippen LogP contribution is -2.41. The fourth-order valence-corrected chi connectivity index (χ4v) is 2.39. The van der Waals surface area contributed by atoms with Gasteiger partial charge in [0, 0.05) is 6.61 Å². The highest BCUT2D eigenvalue weighted by Gasteiger charge is 2.40. The Morgan fingerprint density at radius 3 is 2.62 bits per heavy atom. The van der Waals surface area contributed by atoms with E-state index in [9.17, 15) is 10.2 Å². The average molecular weight is 302 g/mol. The minimum atomic E-state index is -1.06. The fourth-order valence-electron chi connectivity index (χ4n) is 2.39. The van der Waals surface area contributed by atoms with E-state index in [1.54, 1.807) is 0 Å². The monoisotopic (exact) mass is 302 g/mol. The molecule has 4 atom stereocenters. The van der Waals surface area contributed by atoms with Crippen LogP contribution in [0.2, 0.25) is 0 Å². The van der Waals surface area contributed by atoms with Gasteiger partial charge in [-0.25, -0.2) is 0 Å². The third-order valence-electron chi connectivity index (χ3n) is 3.72. The molecule has 0 aromatic heterocycles. The van der Waals surface area contributed by atoms with Gasteiger partial charge < -0.3 is 24.8 Å². The lowest BCUT2D eigenvalue weighted by atomic mass is 10.1. The lowest BCUT2D eigenvalue weighted by Gasteiger charge is -2.20. The fraction of sp³-hybridized carbons (Fsp3) is 0.875. The molecule has 0 spiro atoms. The van der Waals surface area contributed by atoms with Crippen molar-refractivity contribution in [2.24, 2.45) is 0 Å². The van der Waals surface area contributed by atoms with E-state index in [1.807, 2.05) is 0 Å².